The molecule has 0 aromatic carbocycles. The SMILES string of the molecule is CC1=C(C)C(C)Cc2c(oc3c(c2=O)C=C(F)CC3)CC1. The minimum atomic E-state index is -0.222. The highest BCUT2D eigenvalue weighted by Gasteiger charge is 2.24. The van der Waals surface area contributed by atoms with E-state index in [1.165, 1.54) is 17.2 Å². The lowest BCUT2D eigenvalue weighted by atomic mass is 9.85. The predicted octanol–water partition coefficient (Wildman–Crippen LogP) is 4.36. The zero-order chi connectivity index (χ0) is 15.1. The second-order valence-electron chi connectivity index (χ2n) is 6.33. The number of aryl methyl sites for hydroxylation is 2. The Bertz CT molecular complexity index is 707. The number of hydrogen-bond acceptors (Lipinski definition) is 2. The summed E-state index contributed by atoms with van der Waals surface area (Å²) in [7, 11) is 0. The van der Waals surface area contributed by atoms with E-state index in [1.807, 2.05) is 0 Å². The summed E-state index contributed by atoms with van der Waals surface area (Å²) in [5, 5.41) is 0. The molecule has 1 aromatic heterocycles. The van der Waals surface area contributed by atoms with Crippen LogP contribution in [0, 0.1) is 5.92 Å². The molecule has 0 radical (unpaired) electrons. The van der Waals surface area contributed by atoms with Crippen molar-refractivity contribution < 1.29 is 8.81 Å². The van der Waals surface area contributed by atoms with E-state index in [1.54, 1.807) is 0 Å². The van der Waals surface area contributed by atoms with E-state index in [-0.39, 0.29) is 11.3 Å². The van der Waals surface area contributed by atoms with Crippen molar-refractivity contribution >= 4 is 6.08 Å². The number of hydrogen-bond donors (Lipinski definition) is 0. The largest absolute Gasteiger partial charge is 0.465 e. The highest BCUT2D eigenvalue weighted by Crippen LogP contribution is 2.30. The summed E-state index contributed by atoms with van der Waals surface area (Å²) < 4.78 is 19.5. The molecule has 1 heterocycles. The Morgan fingerprint density at radius 3 is 2.62 bits per heavy atom. The lowest BCUT2D eigenvalue weighted by Gasteiger charge is -2.22. The van der Waals surface area contributed by atoms with Crippen molar-refractivity contribution in [2.24, 2.45) is 5.92 Å². The molecule has 0 spiro atoms. The van der Waals surface area contributed by atoms with Crippen LogP contribution in [0.2, 0.25) is 0 Å². The molecule has 0 fully saturated rings. The topological polar surface area (TPSA) is 30.2 Å². The summed E-state index contributed by atoms with van der Waals surface area (Å²) >= 11 is 0. The molecular weight excluding hydrogens is 267 g/mol. The van der Waals surface area contributed by atoms with Gasteiger partial charge >= 0.3 is 0 Å². The summed E-state index contributed by atoms with van der Waals surface area (Å²) in [6.07, 6.45) is 4.56. The highest BCUT2D eigenvalue weighted by molar-refractivity contribution is 5.56. The zero-order valence-corrected chi connectivity index (χ0v) is 12.9. The summed E-state index contributed by atoms with van der Waals surface area (Å²) in [5.74, 6) is 1.57. The fraction of sp³-hybridized carbons (Fsp3) is 0.500. The van der Waals surface area contributed by atoms with Crippen LogP contribution in [0.1, 0.15) is 56.3 Å². The van der Waals surface area contributed by atoms with Gasteiger partial charge in [-0.1, -0.05) is 18.1 Å². The molecule has 0 aliphatic heterocycles. The van der Waals surface area contributed by atoms with Crippen molar-refractivity contribution in [1.29, 1.82) is 0 Å². The van der Waals surface area contributed by atoms with Crippen LogP contribution >= 0.6 is 0 Å². The smallest absolute Gasteiger partial charge is 0.195 e. The van der Waals surface area contributed by atoms with Gasteiger partial charge in [-0.3, -0.25) is 4.79 Å². The number of fused-ring (bicyclic) bond motifs is 2. The molecule has 112 valence electrons. The molecule has 1 atom stereocenters. The Kier molecular flexibility index (Phi) is 3.60. The van der Waals surface area contributed by atoms with Gasteiger partial charge in [0.2, 0.25) is 0 Å². The van der Waals surface area contributed by atoms with Gasteiger partial charge in [0.25, 0.3) is 0 Å². The molecule has 2 aliphatic carbocycles. The second-order valence-corrected chi connectivity index (χ2v) is 6.33. The maximum absolute atomic E-state index is 13.5. The molecule has 1 aromatic rings. The number of rotatable bonds is 0. The average molecular weight is 288 g/mol. The van der Waals surface area contributed by atoms with E-state index in [9.17, 15) is 9.18 Å². The number of halogens is 1. The molecule has 3 rings (SSSR count). The number of allylic oxidation sites excluding steroid dienone is 3. The zero-order valence-electron chi connectivity index (χ0n) is 12.9. The molecule has 2 nitrogen and oxygen atoms in total. The Morgan fingerprint density at radius 1 is 1.14 bits per heavy atom. The summed E-state index contributed by atoms with van der Waals surface area (Å²) in [4.78, 5) is 12.7. The van der Waals surface area contributed by atoms with Gasteiger partial charge < -0.3 is 4.42 Å². The first-order chi connectivity index (χ1) is 9.97. The third-order valence-electron chi connectivity index (χ3n) is 4.94. The van der Waals surface area contributed by atoms with Crippen molar-refractivity contribution in [2.45, 2.75) is 52.9 Å². The minimum absolute atomic E-state index is 0.0275. The van der Waals surface area contributed by atoms with Crippen LogP contribution < -0.4 is 5.43 Å². The first-order valence-electron chi connectivity index (χ1n) is 7.67. The molecule has 0 amide bonds. The lowest BCUT2D eigenvalue weighted by Crippen LogP contribution is -2.23. The van der Waals surface area contributed by atoms with Crippen LogP contribution in [0.25, 0.3) is 6.08 Å². The van der Waals surface area contributed by atoms with E-state index >= 15 is 0 Å². The van der Waals surface area contributed by atoms with Gasteiger partial charge in [-0.25, -0.2) is 4.39 Å². The Labute approximate surface area is 124 Å². The molecule has 0 saturated carbocycles. The average Bonchev–Trinajstić information content (AvgIpc) is 2.46. The third-order valence-corrected chi connectivity index (χ3v) is 4.94. The van der Waals surface area contributed by atoms with Gasteiger partial charge in [0.15, 0.2) is 5.43 Å². The van der Waals surface area contributed by atoms with E-state index < -0.39 is 0 Å². The summed E-state index contributed by atoms with van der Waals surface area (Å²) in [5.41, 5.74) is 3.90. The maximum Gasteiger partial charge on any atom is 0.195 e. The van der Waals surface area contributed by atoms with Gasteiger partial charge in [-0.05, 0) is 38.7 Å². The van der Waals surface area contributed by atoms with Gasteiger partial charge in [-0.15, -0.1) is 0 Å². The van der Waals surface area contributed by atoms with E-state index in [0.717, 1.165) is 24.2 Å². The first-order valence-corrected chi connectivity index (χ1v) is 7.67. The molecular formula is C18H21FO2. The monoisotopic (exact) mass is 288 g/mol. The van der Waals surface area contributed by atoms with Crippen molar-refractivity contribution in [3.05, 3.63) is 49.8 Å². The Hall–Kier alpha value is -1.64. The molecule has 2 aliphatic rings. The Balaban J connectivity index is 2.14. The summed E-state index contributed by atoms with van der Waals surface area (Å²) in [6, 6.07) is 0. The minimum Gasteiger partial charge on any atom is -0.465 e. The second kappa shape index (κ2) is 5.28. The van der Waals surface area contributed by atoms with Crippen molar-refractivity contribution in [3.63, 3.8) is 0 Å². The molecule has 0 saturated heterocycles. The van der Waals surface area contributed by atoms with Gasteiger partial charge in [0.1, 0.15) is 17.3 Å². The molecule has 0 N–H and O–H groups in total. The standard InChI is InChI=1S/C18H21FO2/c1-10-4-6-16-14(8-11(2)12(10)3)18(20)15-9-13(19)5-7-17(15)21-16/h9,11H,4-8H2,1-3H3. The molecule has 3 heteroatoms. The van der Waals surface area contributed by atoms with Crippen molar-refractivity contribution in [3.8, 4) is 0 Å². The van der Waals surface area contributed by atoms with Crippen LogP contribution in [-0.4, -0.2) is 0 Å². The van der Waals surface area contributed by atoms with Gasteiger partial charge in [0.05, 0.1) is 5.56 Å². The van der Waals surface area contributed by atoms with E-state index in [4.69, 9.17) is 4.42 Å². The highest BCUT2D eigenvalue weighted by atomic mass is 19.1. The molecule has 1 unspecified atom stereocenters. The van der Waals surface area contributed by atoms with Crippen LogP contribution in [0.5, 0.6) is 0 Å². The maximum atomic E-state index is 13.5. The van der Waals surface area contributed by atoms with Crippen LogP contribution in [0.15, 0.2) is 26.2 Å². The van der Waals surface area contributed by atoms with Crippen molar-refractivity contribution in [2.75, 3.05) is 0 Å². The third kappa shape index (κ3) is 2.50. The lowest BCUT2D eigenvalue weighted by molar-refractivity contribution is 0.417. The van der Waals surface area contributed by atoms with Crippen molar-refractivity contribution in [1.82, 2.24) is 0 Å². The summed E-state index contributed by atoms with van der Waals surface area (Å²) in [6.45, 7) is 6.44. The quantitative estimate of drug-likeness (QED) is 0.664. The molecule has 21 heavy (non-hydrogen) atoms. The van der Waals surface area contributed by atoms with Crippen LogP contribution in [0.3, 0.4) is 0 Å². The van der Waals surface area contributed by atoms with E-state index in [0.29, 0.717) is 36.5 Å². The van der Waals surface area contributed by atoms with Crippen LogP contribution in [-0.2, 0) is 19.3 Å². The van der Waals surface area contributed by atoms with Crippen LogP contribution in [0.4, 0.5) is 4.39 Å². The fourth-order valence-electron chi connectivity index (χ4n) is 3.26. The normalized spacial score (nSPS) is 22.1. The Morgan fingerprint density at radius 2 is 1.86 bits per heavy atom. The first kappa shape index (κ1) is 14.3. The molecule has 0 bridgehead atoms. The van der Waals surface area contributed by atoms with Gasteiger partial charge in [0, 0.05) is 24.8 Å². The van der Waals surface area contributed by atoms with Gasteiger partial charge in [-0.2, -0.15) is 0 Å². The van der Waals surface area contributed by atoms with E-state index in [2.05, 4.69) is 20.8 Å². The fourth-order valence-corrected chi connectivity index (χ4v) is 3.26. The predicted molar refractivity (Wildman–Crippen MR) is 81.9 cm³/mol.